The van der Waals surface area contributed by atoms with Crippen LogP contribution in [-0.4, -0.2) is 0 Å². The summed E-state index contributed by atoms with van der Waals surface area (Å²) in [6.07, 6.45) is 0. The lowest BCUT2D eigenvalue weighted by atomic mass is 9.99. The smallest absolute Gasteiger partial charge is 0.137 e. The molecule has 0 aliphatic carbocycles. The third-order valence-corrected chi connectivity index (χ3v) is 4.73. The van der Waals surface area contributed by atoms with Gasteiger partial charge in [-0.15, -0.1) is 11.3 Å². The number of rotatable bonds is 2. The molecule has 0 saturated carbocycles. The molecule has 2 N–H and O–H groups in total. The molecular formula is C15H11BrFNS. The largest absolute Gasteiger partial charge is 0.320 e. The summed E-state index contributed by atoms with van der Waals surface area (Å²) in [5, 5.41) is 3.25. The summed E-state index contributed by atoms with van der Waals surface area (Å²) >= 11 is 4.88. The minimum atomic E-state index is -0.273. The normalized spacial score (nSPS) is 12.8. The molecule has 1 atom stereocenters. The molecule has 3 aromatic rings. The minimum Gasteiger partial charge on any atom is -0.320 e. The highest BCUT2D eigenvalue weighted by Gasteiger charge is 2.14. The van der Waals surface area contributed by atoms with E-state index in [1.165, 1.54) is 16.2 Å². The van der Waals surface area contributed by atoms with Gasteiger partial charge in [-0.1, -0.05) is 24.3 Å². The third-order valence-electron chi connectivity index (χ3n) is 3.15. The van der Waals surface area contributed by atoms with Gasteiger partial charge in [-0.3, -0.25) is 0 Å². The van der Waals surface area contributed by atoms with Gasteiger partial charge >= 0.3 is 0 Å². The summed E-state index contributed by atoms with van der Waals surface area (Å²) in [7, 11) is 0. The Morgan fingerprint density at radius 1 is 1.16 bits per heavy atom. The monoisotopic (exact) mass is 335 g/mol. The first-order chi connectivity index (χ1) is 9.16. The van der Waals surface area contributed by atoms with Gasteiger partial charge in [0.05, 0.1) is 10.5 Å². The average Bonchev–Trinajstić information content (AvgIpc) is 2.89. The molecule has 3 rings (SSSR count). The number of halogens is 2. The van der Waals surface area contributed by atoms with Gasteiger partial charge in [-0.25, -0.2) is 4.39 Å². The molecule has 0 bridgehead atoms. The van der Waals surface area contributed by atoms with Crippen molar-refractivity contribution in [3.63, 3.8) is 0 Å². The lowest BCUT2D eigenvalue weighted by Crippen LogP contribution is -2.12. The maximum Gasteiger partial charge on any atom is 0.137 e. The third kappa shape index (κ3) is 2.31. The van der Waals surface area contributed by atoms with E-state index in [4.69, 9.17) is 5.73 Å². The summed E-state index contributed by atoms with van der Waals surface area (Å²) in [4.78, 5) is 0. The Kier molecular flexibility index (Phi) is 3.39. The van der Waals surface area contributed by atoms with Crippen LogP contribution >= 0.6 is 27.3 Å². The predicted octanol–water partition coefficient (Wildman–Crippen LogP) is 4.85. The molecule has 96 valence electrons. The standard InChI is InChI=1S/C15H11BrFNS/c16-12-8-10(4-5-13(12)17)14(18)11-3-1-2-9-6-7-19-15(9)11/h1-8,14H,18H2. The number of thiophene rings is 1. The molecule has 4 heteroatoms. The fraction of sp³-hybridized carbons (Fsp3) is 0.0667. The van der Waals surface area contributed by atoms with Gasteiger partial charge < -0.3 is 5.73 Å². The van der Waals surface area contributed by atoms with Crippen LogP contribution in [0, 0.1) is 5.82 Å². The molecule has 2 aromatic carbocycles. The number of benzene rings is 2. The number of nitrogens with two attached hydrogens (primary N) is 1. The Labute approximate surface area is 123 Å². The first-order valence-corrected chi connectivity index (χ1v) is 7.51. The van der Waals surface area contributed by atoms with Gasteiger partial charge in [0.2, 0.25) is 0 Å². The Hall–Kier alpha value is -1.23. The minimum absolute atomic E-state index is 0.251. The van der Waals surface area contributed by atoms with Crippen LogP contribution in [-0.2, 0) is 0 Å². The molecule has 0 amide bonds. The fourth-order valence-corrected chi connectivity index (χ4v) is 3.50. The highest BCUT2D eigenvalue weighted by Crippen LogP contribution is 2.32. The van der Waals surface area contributed by atoms with E-state index in [0.29, 0.717) is 4.47 Å². The Morgan fingerprint density at radius 3 is 2.79 bits per heavy atom. The predicted molar refractivity (Wildman–Crippen MR) is 82.0 cm³/mol. The van der Waals surface area contributed by atoms with E-state index >= 15 is 0 Å². The molecular weight excluding hydrogens is 325 g/mol. The zero-order valence-corrected chi connectivity index (χ0v) is 12.3. The van der Waals surface area contributed by atoms with E-state index in [2.05, 4.69) is 33.4 Å². The van der Waals surface area contributed by atoms with Gasteiger partial charge in [0.25, 0.3) is 0 Å². The first-order valence-electron chi connectivity index (χ1n) is 5.83. The average molecular weight is 336 g/mol. The van der Waals surface area contributed by atoms with Crippen molar-refractivity contribution in [2.75, 3.05) is 0 Å². The molecule has 1 unspecified atom stereocenters. The van der Waals surface area contributed by atoms with Gasteiger partial charge in [0, 0.05) is 4.70 Å². The highest BCUT2D eigenvalue weighted by atomic mass is 79.9. The van der Waals surface area contributed by atoms with E-state index < -0.39 is 0 Å². The van der Waals surface area contributed by atoms with Crippen molar-refractivity contribution >= 4 is 37.4 Å². The summed E-state index contributed by atoms with van der Waals surface area (Å²) < 4.78 is 14.9. The second-order valence-corrected chi connectivity index (χ2v) is 6.11. The quantitative estimate of drug-likeness (QED) is 0.711. The molecule has 0 aliphatic rings. The lowest BCUT2D eigenvalue weighted by Gasteiger charge is -2.14. The van der Waals surface area contributed by atoms with E-state index in [0.717, 1.165) is 11.1 Å². The van der Waals surface area contributed by atoms with Crippen molar-refractivity contribution in [1.29, 1.82) is 0 Å². The maximum atomic E-state index is 13.3. The fourth-order valence-electron chi connectivity index (χ4n) is 2.15. The van der Waals surface area contributed by atoms with E-state index in [1.807, 2.05) is 12.1 Å². The van der Waals surface area contributed by atoms with Crippen LogP contribution in [0.1, 0.15) is 17.2 Å². The van der Waals surface area contributed by atoms with Crippen LogP contribution in [0.15, 0.2) is 52.3 Å². The molecule has 19 heavy (non-hydrogen) atoms. The number of fused-ring (bicyclic) bond motifs is 1. The van der Waals surface area contributed by atoms with Crippen molar-refractivity contribution in [3.05, 3.63) is 69.3 Å². The zero-order valence-electron chi connectivity index (χ0n) is 9.94. The topological polar surface area (TPSA) is 26.0 Å². The summed E-state index contributed by atoms with van der Waals surface area (Å²) in [6, 6.07) is 12.8. The molecule has 1 aromatic heterocycles. The number of hydrogen-bond acceptors (Lipinski definition) is 2. The van der Waals surface area contributed by atoms with Gasteiger partial charge in [0.15, 0.2) is 0 Å². The van der Waals surface area contributed by atoms with Crippen molar-refractivity contribution in [2.24, 2.45) is 5.73 Å². The summed E-state index contributed by atoms with van der Waals surface area (Å²) in [6.45, 7) is 0. The van der Waals surface area contributed by atoms with Crippen LogP contribution in [0.3, 0.4) is 0 Å². The van der Waals surface area contributed by atoms with Crippen LogP contribution < -0.4 is 5.73 Å². The SMILES string of the molecule is NC(c1ccc(F)c(Br)c1)c1cccc2ccsc12. The molecule has 1 heterocycles. The lowest BCUT2D eigenvalue weighted by molar-refractivity contribution is 0.619. The van der Waals surface area contributed by atoms with Crippen molar-refractivity contribution in [2.45, 2.75) is 6.04 Å². The Bertz CT molecular complexity index is 738. The Balaban J connectivity index is 2.10. The van der Waals surface area contributed by atoms with Crippen molar-refractivity contribution in [3.8, 4) is 0 Å². The molecule has 1 nitrogen and oxygen atoms in total. The van der Waals surface area contributed by atoms with Crippen LogP contribution in [0.5, 0.6) is 0 Å². The highest BCUT2D eigenvalue weighted by molar-refractivity contribution is 9.10. The van der Waals surface area contributed by atoms with Crippen molar-refractivity contribution in [1.82, 2.24) is 0 Å². The van der Waals surface area contributed by atoms with Crippen LogP contribution in [0.2, 0.25) is 0 Å². The van der Waals surface area contributed by atoms with E-state index in [-0.39, 0.29) is 11.9 Å². The Morgan fingerprint density at radius 2 is 2.00 bits per heavy atom. The molecule has 0 aliphatic heterocycles. The molecule has 0 radical (unpaired) electrons. The van der Waals surface area contributed by atoms with Gasteiger partial charge in [-0.05, 0) is 56.0 Å². The van der Waals surface area contributed by atoms with Crippen molar-refractivity contribution < 1.29 is 4.39 Å². The number of hydrogen-bond donors (Lipinski definition) is 1. The molecule has 0 fully saturated rings. The first kappa shape index (κ1) is 12.8. The second kappa shape index (κ2) is 5.04. The molecule has 0 spiro atoms. The summed E-state index contributed by atoms with van der Waals surface area (Å²) in [5.41, 5.74) is 8.30. The second-order valence-electron chi connectivity index (χ2n) is 4.34. The van der Waals surface area contributed by atoms with E-state index in [1.54, 1.807) is 23.5 Å². The van der Waals surface area contributed by atoms with Gasteiger partial charge in [-0.2, -0.15) is 0 Å². The van der Waals surface area contributed by atoms with Gasteiger partial charge in [0.1, 0.15) is 5.82 Å². The van der Waals surface area contributed by atoms with Crippen LogP contribution in [0.25, 0.3) is 10.1 Å². The zero-order chi connectivity index (χ0) is 13.4. The maximum absolute atomic E-state index is 13.3. The summed E-state index contributed by atoms with van der Waals surface area (Å²) in [5.74, 6) is -0.273. The van der Waals surface area contributed by atoms with E-state index in [9.17, 15) is 4.39 Å². The van der Waals surface area contributed by atoms with Crippen LogP contribution in [0.4, 0.5) is 4.39 Å². The molecule has 0 saturated heterocycles.